The highest BCUT2D eigenvalue weighted by molar-refractivity contribution is 4.91. The van der Waals surface area contributed by atoms with Crippen LogP contribution in [0.3, 0.4) is 0 Å². The molecular weight excluding hydrogens is 88.1 g/mol. The normalized spacial score (nSPS) is 48.0. The van der Waals surface area contributed by atoms with Gasteiger partial charge in [0.1, 0.15) is 0 Å². The predicted molar refractivity (Wildman–Crippen MR) is 27.9 cm³/mol. The summed E-state index contributed by atoms with van der Waals surface area (Å²) in [7, 11) is 0. The lowest BCUT2D eigenvalue weighted by Gasteiger charge is -2.31. The summed E-state index contributed by atoms with van der Waals surface area (Å²) >= 11 is 0. The molecule has 2 heteroatoms. The minimum atomic E-state index is 0.694. The van der Waals surface area contributed by atoms with E-state index < -0.39 is 0 Å². The van der Waals surface area contributed by atoms with E-state index in [9.17, 15) is 0 Å². The average Bonchev–Trinajstić information content (AvgIpc) is 1.85. The van der Waals surface area contributed by atoms with Gasteiger partial charge < -0.3 is 10.6 Å². The fraction of sp³-hybridized carbons (Fsp3) is 1.00. The van der Waals surface area contributed by atoms with Gasteiger partial charge in [-0.2, -0.15) is 0 Å². The summed E-state index contributed by atoms with van der Waals surface area (Å²) < 4.78 is 0. The van der Waals surface area contributed by atoms with Gasteiger partial charge in [-0.1, -0.05) is 0 Å². The molecule has 2 aliphatic rings. The Morgan fingerprint density at radius 3 is 2.57 bits per heavy atom. The summed E-state index contributed by atoms with van der Waals surface area (Å²) in [4.78, 5) is 0. The van der Waals surface area contributed by atoms with Crippen molar-refractivity contribution >= 4 is 0 Å². The molecule has 2 N–H and O–H groups in total. The van der Waals surface area contributed by atoms with Gasteiger partial charge in [0.2, 0.25) is 0 Å². The number of fused-ring (bicyclic) bond motifs is 1. The van der Waals surface area contributed by atoms with Crippen LogP contribution in [0.1, 0.15) is 6.42 Å². The van der Waals surface area contributed by atoms with Crippen molar-refractivity contribution in [2.75, 3.05) is 13.1 Å². The Bertz CT molecular complexity index is 72.1. The Balaban J connectivity index is 2.03. The van der Waals surface area contributed by atoms with Crippen LogP contribution in [0.25, 0.3) is 0 Å². The molecule has 2 saturated heterocycles. The van der Waals surface area contributed by atoms with Gasteiger partial charge in [-0.25, -0.2) is 0 Å². The molecular formula is C5H10N2. The highest BCUT2D eigenvalue weighted by Gasteiger charge is 2.33. The Hall–Kier alpha value is -0.0800. The van der Waals surface area contributed by atoms with Crippen LogP contribution in [0.2, 0.25) is 0 Å². The lowest BCUT2D eigenvalue weighted by atomic mass is 10.00. The molecule has 0 aromatic heterocycles. The fourth-order valence-corrected chi connectivity index (χ4v) is 1.33. The van der Waals surface area contributed by atoms with Crippen LogP contribution in [0, 0.1) is 5.92 Å². The molecule has 2 atom stereocenters. The predicted octanol–water partition coefficient (Wildman–Crippen LogP) is -0.475. The zero-order valence-corrected chi connectivity index (χ0v) is 4.28. The summed E-state index contributed by atoms with van der Waals surface area (Å²) in [6.07, 6.45) is 2.08. The second-order valence-corrected chi connectivity index (χ2v) is 2.39. The van der Waals surface area contributed by atoms with Gasteiger partial charge >= 0.3 is 0 Å². The largest absolute Gasteiger partial charge is 0.302 e. The van der Waals surface area contributed by atoms with Crippen LogP contribution >= 0.6 is 0 Å². The monoisotopic (exact) mass is 98.1 g/mol. The SMILES string of the molecule is C1CC2CNC2N1. The highest BCUT2D eigenvalue weighted by Crippen LogP contribution is 2.19. The van der Waals surface area contributed by atoms with E-state index in [4.69, 9.17) is 0 Å². The van der Waals surface area contributed by atoms with E-state index in [1.165, 1.54) is 19.5 Å². The van der Waals surface area contributed by atoms with Crippen molar-refractivity contribution in [1.82, 2.24) is 10.6 Å². The molecule has 0 aromatic rings. The molecule has 2 rings (SSSR count). The third kappa shape index (κ3) is 0.409. The second kappa shape index (κ2) is 1.20. The molecule has 2 aliphatic heterocycles. The van der Waals surface area contributed by atoms with Gasteiger partial charge in [-0.15, -0.1) is 0 Å². The first-order valence-corrected chi connectivity index (χ1v) is 2.93. The quantitative estimate of drug-likeness (QED) is 0.428. The Kier molecular flexibility index (Phi) is 0.664. The number of nitrogens with one attached hydrogen (secondary N) is 2. The Morgan fingerprint density at radius 1 is 1.29 bits per heavy atom. The molecule has 40 valence electrons. The molecule has 0 radical (unpaired) electrons. The third-order valence-corrected chi connectivity index (χ3v) is 1.95. The lowest BCUT2D eigenvalue weighted by molar-refractivity contribution is 0.254. The summed E-state index contributed by atoms with van der Waals surface area (Å²) in [6.45, 7) is 2.47. The van der Waals surface area contributed by atoms with Crippen molar-refractivity contribution in [3.63, 3.8) is 0 Å². The van der Waals surface area contributed by atoms with Gasteiger partial charge in [-0.3, -0.25) is 0 Å². The first-order valence-electron chi connectivity index (χ1n) is 2.93. The topological polar surface area (TPSA) is 24.1 Å². The van der Waals surface area contributed by atoms with Crippen molar-refractivity contribution in [2.45, 2.75) is 12.6 Å². The van der Waals surface area contributed by atoms with Gasteiger partial charge in [0.25, 0.3) is 0 Å². The molecule has 0 aromatic carbocycles. The van der Waals surface area contributed by atoms with Crippen molar-refractivity contribution in [1.29, 1.82) is 0 Å². The van der Waals surface area contributed by atoms with Crippen LogP contribution in [-0.2, 0) is 0 Å². The van der Waals surface area contributed by atoms with E-state index >= 15 is 0 Å². The van der Waals surface area contributed by atoms with E-state index in [-0.39, 0.29) is 0 Å². The summed E-state index contributed by atoms with van der Waals surface area (Å²) in [5.41, 5.74) is 0. The molecule has 2 nitrogen and oxygen atoms in total. The standard InChI is InChI=1S/C5H10N2/c1-2-6-5-4(1)3-7-5/h4-7H,1-3H2. The van der Waals surface area contributed by atoms with Gasteiger partial charge in [0.05, 0.1) is 6.17 Å². The first-order chi connectivity index (χ1) is 3.47. The molecule has 2 unspecified atom stereocenters. The maximum absolute atomic E-state index is 3.34. The third-order valence-electron chi connectivity index (χ3n) is 1.95. The molecule has 7 heavy (non-hydrogen) atoms. The minimum Gasteiger partial charge on any atom is -0.302 e. The molecule has 0 bridgehead atoms. The number of rotatable bonds is 0. The zero-order valence-electron chi connectivity index (χ0n) is 4.28. The Morgan fingerprint density at radius 2 is 2.29 bits per heavy atom. The fourth-order valence-electron chi connectivity index (χ4n) is 1.33. The van der Waals surface area contributed by atoms with Crippen LogP contribution in [0.4, 0.5) is 0 Å². The van der Waals surface area contributed by atoms with Crippen LogP contribution in [0.5, 0.6) is 0 Å². The van der Waals surface area contributed by atoms with Crippen LogP contribution < -0.4 is 10.6 Å². The number of hydrogen-bond donors (Lipinski definition) is 2. The summed E-state index contributed by atoms with van der Waals surface area (Å²) in [5.74, 6) is 0.972. The van der Waals surface area contributed by atoms with Crippen LogP contribution in [-0.4, -0.2) is 19.3 Å². The maximum atomic E-state index is 3.34. The van der Waals surface area contributed by atoms with Crippen molar-refractivity contribution < 1.29 is 0 Å². The molecule has 0 spiro atoms. The van der Waals surface area contributed by atoms with Gasteiger partial charge in [-0.05, 0) is 13.0 Å². The molecule has 0 saturated carbocycles. The zero-order chi connectivity index (χ0) is 4.69. The second-order valence-electron chi connectivity index (χ2n) is 2.39. The van der Waals surface area contributed by atoms with Gasteiger partial charge in [0.15, 0.2) is 0 Å². The molecule has 0 amide bonds. The van der Waals surface area contributed by atoms with E-state index in [1.54, 1.807) is 0 Å². The van der Waals surface area contributed by atoms with Crippen molar-refractivity contribution in [3.05, 3.63) is 0 Å². The molecule has 0 aliphatic carbocycles. The molecule has 2 heterocycles. The van der Waals surface area contributed by atoms with Crippen molar-refractivity contribution in [3.8, 4) is 0 Å². The van der Waals surface area contributed by atoms with E-state index in [0.717, 1.165) is 5.92 Å². The lowest BCUT2D eigenvalue weighted by Crippen LogP contribution is -2.55. The smallest absolute Gasteiger partial charge is 0.0613 e. The highest BCUT2D eigenvalue weighted by atomic mass is 15.2. The maximum Gasteiger partial charge on any atom is 0.0613 e. The summed E-state index contributed by atoms with van der Waals surface area (Å²) in [6, 6.07) is 0. The molecule has 2 fully saturated rings. The van der Waals surface area contributed by atoms with Crippen molar-refractivity contribution in [2.24, 2.45) is 5.92 Å². The number of hydrogen-bond acceptors (Lipinski definition) is 2. The minimum absolute atomic E-state index is 0.694. The average molecular weight is 98.1 g/mol. The Labute approximate surface area is 43.3 Å². The van der Waals surface area contributed by atoms with Crippen LogP contribution in [0.15, 0.2) is 0 Å². The van der Waals surface area contributed by atoms with E-state index in [1.807, 2.05) is 0 Å². The summed E-state index contributed by atoms with van der Waals surface area (Å²) in [5, 5.41) is 6.64. The van der Waals surface area contributed by atoms with Gasteiger partial charge in [0, 0.05) is 12.5 Å². The van der Waals surface area contributed by atoms with E-state index in [0.29, 0.717) is 6.17 Å². The first kappa shape index (κ1) is 3.87. The van der Waals surface area contributed by atoms with E-state index in [2.05, 4.69) is 10.6 Å².